The van der Waals surface area contributed by atoms with Crippen LogP contribution in [0.5, 0.6) is 11.5 Å². The first kappa shape index (κ1) is 21.4. The fraction of sp³-hybridized carbons (Fsp3) is 0.304. The molecule has 0 saturated heterocycles. The van der Waals surface area contributed by atoms with Crippen LogP contribution in [-0.4, -0.2) is 39.1 Å². The smallest absolute Gasteiger partial charge is 0.349 e. The summed E-state index contributed by atoms with van der Waals surface area (Å²) < 4.78 is 16.3. The number of anilines is 1. The summed E-state index contributed by atoms with van der Waals surface area (Å²) in [5, 5.41) is 3.41. The maximum atomic E-state index is 12.8. The molecule has 0 saturated carbocycles. The predicted octanol–water partition coefficient (Wildman–Crippen LogP) is 3.69. The van der Waals surface area contributed by atoms with Crippen LogP contribution >= 0.6 is 0 Å². The van der Waals surface area contributed by atoms with E-state index in [1.54, 1.807) is 31.4 Å². The molecule has 0 radical (unpaired) electrons. The van der Waals surface area contributed by atoms with E-state index in [1.807, 2.05) is 38.1 Å². The lowest BCUT2D eigenvalue weighted by Crippen LogP contribution is -2.21. The zero-order valence-electron chi connectivity index (χ0n) is 17.9. The second kappa shape index (κ2) is 9.00. The van der Waals surface area contributed by atoms with Crippen molar-refractivity contribution in [2.45, 2.75) is 19.9 Å². The van der Waals surface area contributed by atoms with E-state index in [2.05, 4.69) is 5.32 Å². The molecule has 1 N–H and O–H groups in total. The van der Waals surface area contributed by atoms with Crippen LogP contribution in [0.15, 0.2) is 45.6 Å². The molecule has 1 aromatic heterocycles. The van der Waals surface area contributed by atoms with Gasteiger partial charge in [-0.3, -0.25) is 4.79 Å². The van der Waals surface area contributed by atoms with Crippen LogP contribution in [0.25, 0.3) is 11.0 Å². The highest BCUT2D eigenvalue weighted by Gasteiger charge is 2.18. The summed E-state index contributed by atoms with van der Waals surface area (Å²) in [5.41, 5.74) is 1.97. The van der Waals surface area contributed by atoms with E-state index in [4.69, 9.17) is 13.9 Å². The number of nitrogens with zero attached hydrogens (tertiary/aromatic N) is 1. The van der Waals surface area contributed by atoms with E-state index in [-0.39, 0.29) is 5.56 Å². The van der Waals surface area contributed by atoms with Gasteiger partial charge >= 0.3 is 5.63 Å². The Morgan fingerprint density at radius 2 is 1.80 bits per heavy atom. The van der Waals surface area contributed by atoms with Gasteiger partial charge in [0.05, 0.1) is 19.9 Å². The molecule has 0 atom stereocenters. The summed E-state index contributed by atoms with van der Waals surface area (Å²) in [6.07, 6.45) is 0.630. The van der Waals surface area contributed by atoms with Crippen LogP contribution in [0.3, 0.4) is 0 Å². The Bertz CT molecular complexity index is 1130. The Balaban J connectivity index is 1.96. The van der Waals surface area contributed by atoms with E-state index in [0.29, 0.717) is 34.6 Å². The molecule has 0 bridgehead atoms. The highest BCUT2D eigenvalue weighted by molar-refractivity contribution is 6.06. The highest BCUT2D eigenvalue weighted by Crippen LogP contribution is 2.29. The third kappa shape index (κ3) is 4.31. The van der Waals surface area contributed by atoms with Crippen molar-refractivity contribution in [1.29, 1.82) is 0 Å². The van der Waals surface area contributed by atoms with Gasteiger partial charge in [0.1, 0.15) is 22.6 Å². The molecular formula is C23H26N2O5. The van der Waals surface area contributed by atoms with Crippen molar-refractivity contribution in [2.24, 2.45) is 0 Å². The van der Waals surface area contributed by atoms with Crippen molar-refractivity contribution in [3.05, 3.63) is 63.5 Å². The van der Waals surface area contributed by atoms with Gasteiger partial charge in [-0.1, -0.05) is 13.0 Å². The van der Waals surface area contributed by atoms with Crippen LogP contribution in [0.1, 0.15) is 28.4 Å². The fourth-order valence-electron chi connectivity index (χ4n) is 3.40. The Labute approximate surface area is 175 Å². The lowest BCUT2D eigenvalue weighted by Gasteiger charge is -2.14. The number of ether oxygens (including phenoxy) is 2. The van der Waals surface area contributed by atoms with Gasteiger partial charge in [-0.05, 0) is 56.4 Å². The zero-order chi connectivity index (χ0) is 21.8. The normalized spacial score (nSPS) is 11.0. The molecule has 7 heteroatoms. The number of nitrogens with one attached hydrogen (secondary N) is 1. The SMILES string of the molecule is CCc1c(OC)ccc2cc(C(=O)Nc3ccc(CN(C)C)cc3OC)c(=O)oc12. The van der Waals surface area contributed by atoms with Crippen molar-refractivity contribution in [3.63, 3.8) is 0 Å². The maximum absolute atomic E-state index is 12.8. The molecule has 3 aromatic rings. The number of amides is 1. The number of benzene rings is 2. The van der Waals surface area contributed by atoms with Gasteiger partial charge in [-0.2, -0.15) is 0 Å². The second-order valence-corrected chi connectivity index (χ2v) is 7.19. The minimum absolute atomic E-state index is 0.0749. The molecule has 0 unspecified atom stereocenters. The van der Waals surface area contributed by atoms with E-state index in [1.165, 1.54) is 7.11 Å². The van der Waals surface area contributed by atoms with Crippen molar-refractivity contribution in [3.8, 4) is 11.5 Å². The van der Waals surface area contributed by atoms with Gasteiger partial charge in [-0.15, -0.1) is 0 Å². The van der Waals surface area contributed by atoms with E-state index < -0.39 is 11.5 Å². The average Bonchev–Trinajstić information content (AvgIpc) is 2.72. The topological polar surface area (TPSA) is 81.0 Å². The van der Waals surface area contributed by atoms with Crippen molar-refractivity contribution < 1.29 is 18.7 Å². The van der Waals surface area contributed by atoms with Gasteiger partial charge in [-0.25, -0.2) is 4.79 Å². The molecule has 0 aliphatic carbocycles. The van der Waals surface area contributed by atoms with E-state index in [0.717, 1.165) is 17.7 Å². The number of fused-ring (bicyclic) bond motifs is 1. The van der Waals surface area contributed by atoms with Crippen molar-refractivity contribution >= 4 is 22.6 Å². The first-order chi connectivity index (χ1) is 14.4. The van der Waals surface area contributed by atoms with Gasteiger partial charge in [0, 0.05) is 17.5 Å². The molecule has 1 heterocycles. The maximum Gasteiger partial charge on any atom is 0.349 e. The molecular weight excluding hydrogens is 384 g/mol. The minimum Gasteiger partial charge on any atom is -0.496 e. The van der Waals surface area contributed by atoms with Crippen LogP contribution in [0, 0.1) is 0 Å². The number of hydrogen-bond acceptors (Lipinski definition) is 6. The first-order valence-electron chi connectivity index (χ1n) is 9.64. The Hall–Kier alpha value is -3.32. The molecule has 7 nitrogen and oxygen atoms in total. The number of carbonyl (C=O) groups excluding carboxylic acids is 1. The molecule has 0 aliphatic rings. The van der Waals surface area contributed by atoms with E-state index >= 15 is 0 Å². The van der Waals surface area contributed by atoms with Crippen molar-refractivity contribution in [1.82, 2.24) is 4.90 Å². The monoisotopic (exact) mass is 410 g/mol. The lowest BCUT2D eigenvalue weighted by molar-refractivity contribution is 0.102. The Morgan fingerprint density at radius 1 is 1.07 bits per heavy atom. The van der Waals surface area contributed by atoms with Crippen LogP contribution in [0.4, 0.5) is 5.69 Å². The van der Waals surface area contributed by atoms with E-state index in [9.17, 15) is 9.59 Å². The Morgan fingerprint density at radius 3 is 2.43 bits per heavy atom. The molecule has 30 heavy (non-hydrogen) atoms. The fourth-order valence-corrected chi connectivity index (χ4v) is 3.40. The minimum atomic E-state index is -0.703. The van der Waals surface area contributed by atoms with Gasteiger partial charge in [0.25, 0.3) is 5.91 Å². The van der Waals surface area contributed by atoms with Gasteiger partial charge in [0.15, 0.2) is 0 Å². The standard InChI is InChI=1S/C23H26N2O5/c1-6-16-19(28-4)10-8-15-12-17(23(27)30-21(15)16)22(26)24-18-9-7-14(13-25(2)3)11-20(18)29-5/h7-12H,6,13H2,1-5H3,(H,24,26). The highest BCUT2D eigenvalue weighted by atomic mass is 16.5. The molecule has 0 fully saturated rings. The largest absolute Gasteiger partial charge is 0.496 e. The zero-order valence-corrected chi connectivity index (χ0v) is 17.9. The quantitative estimate of drug-likeness (QED) is 0.599. The third-order valence-corrected chi connectivity index (χ3v) is 4.79. The third-order valence-electron chi connectivity index (χ3n) is 4.79. The Kier molecular flexibility index (Phi) is 6.42. The summed E-state index contributed by atoms with van der Waals surface area (Å²) in [6.45, 7) is 2.69. The van der Waals surface area contributed by atoms with Crippen LogP contribution < -0.4 is 20.4 Å². The number of hydrogen-bond donors (Lipinski definition) is 1. The molecule has 0 aliphatic heterocycles. The summed E-state index contributed by atoms with van der Waals surface area (Å²) in [4.78, 5) is 27.4. The van der Waals surface area contributed by atoms with Gasteiger partial charge < -0.3 is 24.1 Å². The molecule has 1 amide bonds. The van der Waals surface area contributed by atoms with Crippen LogP contribution in [0.2, 0.25) is 0 Å². The molecule has 0 spiro atoms. The summed E-state index contributed by atoms with van der Waals surface area (Å²) in [7, 11) is 7.05. The molecule has 3 rings (SSSR count). The summed E-state index contributed by atoms with van der Waals surface area (Å²) in [5.74, 6) is 0.608. The van der Waals surface area contributed by atoms with Crippen LogP contribution in [-0.2, 0) is 13.0 Å². The summed E-state index contributed by atoms with van der Waals surface area (Å²) >= 11 is 0. The molecule has 158 valence electrons. The number of methoxy groups -OCH3 is 2. The second-order valence-electron chi connectivity index (χ2n) is 7.19. The van der Waals surface area contributed by atoms with Gasteiger partial charge in [0.2, 0.25) is 0 Å². The number of aryl methyl sites for hydroxylation is 1. The number of carbonyl (C=O) groups is 1. The average molecular weight is 410 g/mol. The lowest BCUT2D eigenvalue weighted by atomic mass is 10.1. The molecule has 2 aromatic carbocycles. The van der Waals surface area contributed by atoms with Crippen molar-refractivity contribution in [2.75, 3.05) is 33.6 Å². The summed E-state index contributed by atoms with van der Waals surface area (Å²) in [6, 6.07) is 10.6. The number of rotatable bonds is 7. The predicted molar refractivity (Wildman–Crippen MR) is 117 cm³/mol. The first-order valence-corrected chi connectivity index (χ1v) is 9.64.